The van der Waals surface area contributed by atoms with Crippen LogP contribution in [0.2, 0.25) is 0 Å². The molecular weight excluding hydrogens is 423 g/mol. The molecule has 2 aliphatic rings. The van der Waals surface area contributed by atoms with Gasteiger partial charge in [0.2, 0.25) is 0 Å². The molecule has 5 rings (SSSR count). The van der Waals surface area contributed by atoms with E-state index in [9.17, 15) is 17.6 Å². The van der Waals surface area contributed by atoms with Gasteiger partial charge in [-0.2, -0.15) is 0 Å². The van der Waals surface area contributed by atoms with E-state index in [0.29, 0.717) is 18.0 Å². The van der Waals surface area contributed by atoms with Crippen molar-refractivity contribution >= 4 is 32.6 Å². The van der Waals surface area contributed by atoms with Crippen molar-refractivity contribution in [1.82, 2.24) is 4.72 Å². The van der Waals surface area contributed by atoms with Crippen LogP contribution in [0.15, 0.2) is 45.7 Å². The number of anilines is 1. The summed E-state index contributed by atoms with van der Waals surface area (Å²) in [5.74, 6) is -1.13. The van der Waals surface area contributed by atoms with Crippen molar-refractivity contribution in [1.29, 1.82) is 0 Å². The van der Waals surface area contributed by atoms with Gasteiger partial charge in [0.15, 0.2) is 5.76 Å². The molecule has 3 aromatic rings. The van der Waals surface area contributed by atoms with Gasteiger partial charge in [-0.15, -0.1) is 0 Å². The molecular formula is C22H21FN2O5S. The number of furan rings is 1. The molecule has 1 N–H and O–H groups in total. The van der Waals surface area contributed by atoms with E-state index in [1.165, 1.54) is 24.3 Å². The highest BCUT2D eigenvalue weighted by molar-refractivity contribution is 7.90. The SMILES string of the molecule is CC1(C)COc2ccc(S(=O)(=O)NC(=O)c3cc4c(F)cc(N5CCC5)cc4o3)cc21. The zero-order valence-electron chi connectivity index (χ0n) is 17.1. The number of carbonyl (C=O) groups is 1. The second kappa shape index (κ2) is 6.71. The molecule has 1 saturated heterocycles. The van der Waals surface area contributed by atoms with Crippen LogP contribution in [0, 0.1) is 5.82 Å². The first-order valence-electron chi connectivity index (χ1n) is 9.97. The molecule has 31 heavy (non-hydrogen) atoms. The fraction of sp³-hybridized carbons (Fsp3) is 0.318. The van der Waals surface area contributed by atoms with Crippen LogP contribution in [0.5, 0.6) is 5.75 Å². The lowest BCUT2D eigenvalue weighted by Gasteiger charge is -2.33. The molecule has 1 aromatic heterocycles. The van der Waals surface area contributed by atoms with Gasteiger partial charge in [0.05, 0.1) is 16.9 Å². The number of hydrogen-bond donors (Lipinski definition) is 1. The van der Waals surface area contributed by atoms with Crippen LogP contribution in [-0.2, 0) is 15.4 Å². The number of rotatable bonds is 4. The smallest absolute Gasteiger partial charge is 0.300 e. The average molecular weight is 444 g/mol. The topological polar surface area (TPSA) is 88.8 Å². The van der Waals surface area contributed by atoms with Crippen molar-refractivity contribution < 1.29 is 26.8 Å². The van der Waals surface area contributed by atoms with Crippen LogP contribution in [0.1, 0.15) is 36.4 Å². The summed E-state index contributed by atoms with van der Waals surface area (Å²) >= 11 is 0. The van der Waals surface area contributed by atoms with Crippen molar-refractivity contribution in [3.63, 3.8) is 0 Å². The van der Waals surface area contributed by atoms with Gasteiger partial charge >= 0.3 is 5.91 Å². The quantitative estimate of drug-likeness (QED) is 0.662. The van der Waals surface area contributed by atoms with E-state index in [1.54, 1.807) is 12.1 Å². The summed E-state index contributed by atoms with van der Waals surface area (Å²) < 4.78 is 53.2. The number of hydrogen-bond acceptors (Lipinski definition) is 6. The van der Waals surface area contributed by atoms with Gasteiger partial charge in [0.25, 0.3) is 10.0 Å². The van der Waals surface area contributed by atoms with E-state index in [-0.39, 0.29) is 27.0 Å². The normalized spacial score (nSPS) is 17.2. The van der Waals surface area contributed by atoms with E-state index in [1.807, 2.05) is 23.5 Å². The average Bonchev–Trinajstić information content (AvgIpc) is 3.22. The Kier molecular flexibility index (Phi) is 4.30. The number of benzene rings is 2. The predicted molar refractivity (Wildman–Crippen MR) is 113 cm³/mol. The van der Waals surface area contributed by atoms with Crippen LogP contribution < -0.4 is 14.4 Å². The number of ether oxygens (including phenoxy) is 1. The number of amides is 1. The minimum atomic E-state index is -4.16. The van der Waals surface area contributed by atoms with Crippen LogP contribution in [-0.4, -0.2) is 34.0 Å². The molecule has 2 aromatic carbocycles. The molecule has 162 valence electrons. The molecule has 3 heterocycles. The lowest BCUT2D eigenvalue weighted by molar-refractivity contribution is 0.0956. The Morgan fingerprint density at radius 1 is 1.16 bits per heavy atom. The molecule has 7 nitrogen and oxygen atoms in total. The highest BCUT2D eigenvalue weighted by Gasteiger charge is 2.33. The molecule has 0 radical (unpaired) electrons. The highest BCUT2D eigenvalue weighted by Crippen LogP contribution is 2.39. The first-order chi connectivity index (χ1) is 14.6. The molecule has 0 bridgehead atoms. The Hall–Kier alpha value is -3.07. The maximum Gasteiger partial charge on any atom is 0.300 e. The molecule has 0 unspecified atom stereocenters. The van der Waals surface area contributed by atoms with Gasteiger partial charge in [-0.1, -0.05) is 13.8 Å². The summed E-state index contributed by atoms with van der Waals surface area (Å²) in [4.78, 5) is 14.6. The number of halogens is 1. The second-order valence-corrected chi connectivity index (χ2v) is 10.2. The molecule has 0 atom stereocenters. The van der Waals surface area contributed by atoms with Crippen LogP contribution in [0.4, 0.5) is 10.1 Å². The first kappa shape index (κ1) is 19.9. The zero-order valence-corrected chi connectivity index (χ0v) is 17.9. The molecule has 0 saturated carbocycles. The third-order valence-electron chi connectivity index (χ3n) is 5.82. The van der Waals surface area contributed by atoms with Crippen LogP contribution in [0.3, 0.4) is 0 Å². The minimum Gasteiger partial charge on any atom is -0.492 e. The van der Waals surface area contributed by atoms with E-state index >= 15 is 0 Å². The van der Waals surface area contributed by atoms with Gasteiger partial charge in [0, 0.05) is 41.9 Å². The summed E-state index contributed by atoms with van der Waals surface area (Å²) in [6.45, 7) is 6.01. The summed E-state index contributed by atoms with van der Waals surface area (Å²) in [6.07, 6.45) is 1.04. The number of carbonyl (C=O) groups excluding carboxylic acids is 1. The van der Waals surface area contributed by atoms with E-state index < -0.39 is 21.7 Å². The summed E-state index contributed by atoms with van der Waals surface area (Å²) in [6, 6.07) is 8.74. The monoisotopic (exact) mass is 444 g/mol. The number of nitrogens with zero attached hydrogens (tertiary/aromatic N) is 1. The van der Waals surface area contributed by atoms with E-state index in [4.69, 9.17) is 9.15 Å². The maximum absolute atomic E-state index is 14.5. The highest BCUT2D eigenvalue weighted by atomic mass is 32.2. The van der Waals surface area contributed by atoms with Crippen LogP contribution >= 0.6 is 0 Å². The predicted octanol–water partition coefficient (Wildman–Crippen LogP) is 3.57. The van der Waals surface area contributed by atoms with Crippen molar-refractivity contribution in [2.75, 3.05) is 24.6 Å². The summed E-state index contributed by atoms with van der Waals surface area (Å²) in [5, 5.41) is 0.128. The van der Waals surface area contributed by atoms with Gasteiger partial charge in [-0.3, -0.25) is 4.79 Å². The molecule has 0 aliphatic carbocycles. The van der Waals surface area contributed by atoms with E-state index in [0.717, 1.165) is 25.1 Å². The minimum absolute atomic E-state index is 0.0551. The number of fused-ring (bicyclic) bond motifs is 2. The third kappa shape index (κ3) is 3.33. The molecule has 2 aliphatic heterocycles. The maximum atomic E-state index is 14.5. The van der Waals surface area contributed by atoms with Crippen molar-refractivity contribution in [3.05, 3.63) is 53.5 Å². The molecule has 0 spiro atoms. The molecule has 9 heteroatoms. The van der Waals surface area contributed by atoms with Gasteiger partial charge < -0.3 is 14.1 Å². The fourth-order valence-corrected chi connectivity index (χ4v) is 4.83. The van der Waals surface area contributed by atoms with Crippen molar-refractivity contribution in [2.24, 2.45) is 0 Å². The fourth-order valence-electron chi connectivity index (χ4n) is 3.85. The first-order valence-corrected chi connectivity index (χ1v) is 11.4. The third-order valence-corrected chi connectivity index (χ3v) is 7.15. The van der Waals surface area contributed by atoms with Gasteiger partial charge in [-0.25, -0.2) is 17.5 Å². The Morgan fingerprint density at radius 2 is 1.94 bits per heavy atom. The van der Waals surface area contributed by atoms with Crippen LogP contribution in [0.25, 0.3) is 11.0 Å². The van der Waals surface area contributed by atoms with E-state index in [2.05, 4.69) is 0 Å². The van der Waals surface area contributed by atoms with Gasteiger partial charge in [0.1, 0.15) is 17.1 Å². The lowest BCUT2D eigenvalue weighted by Crippen LogP contribution is -2.36. The Bertz CT molecular complexity index is 1330. The lowest BCUT2D eigenvalue weighted by atomic mass is 9.87. The second-order valence-electron chi connectivity index (χ2n) is 8.56. The molecule has 1 fully saturated rings. The zero-order chi connectivity index (χ0) is 22.0. The largest absolute Gasteiger partial charge is 0.492 e. The Morgan fingerprint density at radius 3 is 2.65 bits per heavy atom. The Labute approximate surface area is 178 Å². The summed E-state index contributed by atoms with van der Waals surface area (Å²) in [5.41, 5.74) is 1.29. The summed E-state index contributed by atoms with van der Waals surface area (Å²) in [7, 11) is -4.16. The number of nitrogens with one attached hydrogen (secondary N) is 1. The standard InChI is InChI=1S/C22H21FN2O5S/c1-22(2)12-29-18-5-4-14(10-16(18)22)31(27,28)24-21(26)20-11-15-17(23)8-13(9-19(15)30-20)25-6-3-7-25/h4-5,8-11H,3,6-7,12H2,1-2H3,(H,24,26). The number of sulfonamides is 1. The molecule has 1 amide bonds. The van der Waals surface area contributed by atoms with Gasteiger partial charge in [-0.05, 0) is 30.7 Å². The Balaban J connectivity index is 1.43. The van der Waals surface area contributed by atoms with Crippen molar-refractivity contribution in [3.8, 4) is 5.75 Å². The van der Waals surface area contributed by atoms with Crippen molar-refractivity contribution in [2.45, 2.75) is 30.6 Å².